The molecule has 8 nitrogen and oxygen atoms in total. The van der Waals surface area contributed by atoms with E-state index in [4.69, 9.17) is 9.94 Å². The summed E-state index contributed by atoms with van der Waals surface area (Å²) in [7, 11) is -3.77. The Hall–Kier alpha value is -2.27. The molecule has 0 aliphatic heterocycles. The molecule has 0 radical (unpaired) electrons. The van der Waals surface area contributed by atoms with Gasteiger partial charge in [-0.2, -0.15) is 0 Å². The third-order valence-corrected chi connectivity index (χ3v) is 5.48. The number of carbonyl (C=O) groups excluding carboxylic acids is 1. The predicted octanol–water partition coefficient (Wildman–Crippen LogP) is 1.83. The van der Waals surface area contributed by atoms with Crippen LogP contribution in [0.3, 0.4) is 0 Å². The van der Waals surface area contributed by atoms with Crippen molar-refractivity contribution in [1.29, 1.82) is 0 Å². The van der Waals surface area contributed by atoms with Gasteiger partial charge in [-0.25, -0.2) is 13.9 Å². The number of amides is 1. The topological polar surface area (TPSA) is 116 Å². The second-order valence-electron chi connectivity index (χ2n) is 5.56. The van der Waals surface area contributed by atoms with E-state index in [0.717, 1.165) is 15.5 Å². The number of ether oxygens (including phenoxy) is 1. The summed E-state index contributed by atoms with van der Waals surface area (Å²) in [6.07, 6.45) is 1.20. The fourth-order valence-electron chi connectivity index (χ4n) is 2.21. The maximum Gasteiger partial charge on any atom is 0.274 e. The summed E-state index contributed by atoms with van der Waals surface area (Å²) in [6, 6.07) is 13.6. The molecule has 0 saturated heterocycles. The first-order valence-electron chi connectivity index (χ1n) is 7.76. The number of hydroxylamine groups is 1. The molecule has 10 heteroatoms. The van der Waals surface area contributed by atoms with Gasteiger partial charge in [0.05, 0.1) is 18.5 Å². The zero-order chi connectivity index (χ0) is 20.0. The largest absolute Gasteiger partial charge is 0.457 e. The molecule has 1 atom stereocenters. The molecular formula is C17H20N2O6S2. The van der Waals surface area contributed by atoms with Crippen LogP contribution in [0, 0.1) is 0 Å². The van der Waals surface area contributed by atoms with Gasteiger partial charge in [0.2, 0.25) is 10.0 Å². The van der Waals surface area contributed by atoms with Crippen LogP contribution in [0.5, 0.6) is 11.5 Å². The van der Waals surface area contributed by atoms with E-state index < -0.39 is 28.6 Å². The number of rotatable bonds is 8. The van der Waals surface area contributed by atoms with Gasteiger partial charge in [0.15, 0.2) is 6.10 Å². The quantitative estimate of drug-likeness (QED) is 0.344. The number of aliphatic hydroxyl groups is 1. The van der Waals surface area contributed by atoms with E-state index in [2.05, 4.69) is 0 Å². The molecule has 0 unspecified atom stereocenters. The lowest BCUT2D eigenvalue weighted by Gasteiger charge is -2.24. The van der Waals surface area contributed by atoms with Gasteiger partial charge in [-0.15, -0.1) is 11.8 Å². The standard InChI is InChI=1S/C17H20N2O6S2/c1-26-15-9-7-14(8-10-15)25-13-5-3-12(4-6-13)19(27(2,23)24)11-16(20)17(21)18-22/h3-10,16,20,22H,11H2,1-2H3,(H,18,21)/t16-/m0/s1. The number of nitrogens with one attached hydrogen (secondary N) is 1. The van der Waals surface area contributed by atoms with Gasteiger partial charge < -0.3 is 9.84 Å². The monoisotopic (exact) mass is 412 g/mol. The minimum atomic E-state index is -3.77. The Morgan fingerprint density at radius 3 is 2.11 bits per heavy atom. The summed E-state index contributed by atoms with van der Waals surface area (Å²) in [5.74, 6) is 0.0330. The lowest BCUT2D eigenvalue weighted by molar-refractivity contribution is -0.137. The number of carbonyl (C=O) groups is 1. The molecule has 0 aliphatic rings. The fourth-order valence-corrected chi connectivity index (χ4v) is 3.53. The third-order valence-electron chi connectivity index (χ3n) is 3.57. The Morgan fingerprint density at radius 1 is 1.15 bits per heavy atom. The number of thioether (sulfide) groups is 1. The van der Waals surface area contributed by atoms with Crippen LogP contribution in [0.1, 0.15) is 0 Å². The number of nitrogens with zero attached hydrogens (tertiary/aromatic N) is 1. The molecule has 0 spiro atoms. The van der Waals surface area contributed by atoms with E-state index >= 15 is 0 Å². The number of anilines is 1. The lowest BCUT2D eigenvalue weighted by atomic mass is 10.2. The van der Waals surface area contributed by atoms with E-state index in [1.807, 2.05) is 30.5 Å². The van der Waals surface area contributed by atoms with E-state index in [1.54, 1.807) is 23.9 Å². The van der Waals surface area contributed by atoms with Gasteiger partial charge in [-0.05, 0) is 54.8 Å². The number of sulfonamides is 1. The van der Waals surface area contributed by atoms with Gasteiger partial charge in [-0.3, -0.25) is 14.3 Å². The number of hydrogen-bond donors (Lipinski definition) is 3. The molecule has 0 fully saturated rings. The maximum atomic E-state index is 12.0. The maximum absolute atomic E-state index is 12.0. The SMILES string of the molecule is CSc1ccc(Oc2ccc(N(C[C@H](O)C(=O)NO)S(C)(=O)=O)cc2)cc1. The van der Waals surface area contributed by atoms with Crippen LogP contribution in [0.2, 0.25) is 0 Å². The molecule has 2 aromatic rings. The van der Waals surface area contributed by atoms with Gasteiger partial charge in [0.25, 0.3) is 5.91 Å². The van der Waals surface area contributed by atoms with Crippen LogP contribution >= 0.6 is 11.8 Å². The smallest absolute Gasteiger partial charge is 0.274 e. The van der Waals surface area contributed by atoms with Crippen molar-refractivity contribution >= 4 is 33.4 Å². The molecular weight excluding hydrogens is 392 g/mol. The molecule has 146 valence electrons. The molecule has 3 N–H and O–H groups in total. The molecule has 0 heterocycles. The van der Waals surface area contributed by atoms with Crippen LogP contribution in [0.25, 0.3) is 0 Å². The first kappa shape index (κ1) is 21.0. The predicted molar refractivity (Wildman–Crippen MR) is 103 cm³/mol. The normalized spacial score (nSPS) is 12.3. The molecule has 1 amide bonds. The lowest BCUT2D eigenvalue weighted by Crippen LogP contribution is -2.44. The Kier molecular flexibility index (Phi) is 7.08. The first-order valence-corrected chi connectivity index (χ1v) is 10.8. The minimum absolute atomic E-state index is 0.243. The van der Waals surface area contributed by atoms with E-state index in [0.29, 0.717) is 11.5 Å². The van der Waals surface area contributed by atoms with E-state index in [9.17, 15) is 18.3 Å². The van der Waals surface area contributed by atoms with E-state index in [-0.39, 0.29) is 5.69 Å². The summed E-state index contributed by atoms with van der Waals surface area (Å²) in [5, 5.41) is 18.3. The van der Waals surface area contributed by atoms with Gasteiger partial charge in [-0.1, -0.05) is 0 Å². The second-order valence-corrected chi connectivity index (χ2v) is 8.34. The van der Waals surface area contributed by atoms with E-state index in [1.165, 1.54) is 17.6 Å². The molecule has 0 saturated carbocycles. The van der Waals surface area contributed by atoms with Crippen molar-refractivity contribution in [2.75, 3.05) is 23.4 Å². The van der Waals surface area contributed by atoms with Gasteiger partial charge >= 0.3 is 0 Å². The molecule has 0 aliphatic carbocycles. The fraction of sp³-hybridized carbons (Fsp3) is 0.235. The Bertz CT molecular complexity index is 869. The molecule has 27 heavy (non-hydrogen) atoms. The number of hydrogen-bond acceptors (Lipinski definition) is 7. The third kappa shape index (κ3) is 5.86. The van der Waals surface area contributed by atoms with Crippen LogP contribution in [0.4, 0.5) is 5.69 Å². The summed E-state index contributed by atoms with van der Waals surface area (Å²) in [6.45, 7) is -0.540. The molecule has 2 aromatic carbocycles. The zero-order valence-electron chi connectivity index (χ0n) is 14.7. The van der Waals surface area contributed by atoms with Crippen molar-refractivity contribution in [1.82, 2.24) is 5.48 Å². The Morgan fingerprint density at radius 2 is 1.67 bits per heavy atom. The average molecular weight is 412 g/mol. The van der Waals surface area contributed by atoms with Crippen molar-refractivity contribution in [2.45, 2.75) is 11.0 Å². The van der Waals surface area contributed by atoms with Crippen LogP contribution in [-0.2, 0) is 14.8 Å². The highest BCUT2D eigenvalue weighted by atomic mass is 32.2. The first-order chi connectivity index (χ1) is 12.7. The van der Waals surface area contributed by atoms with Crippen molar-refractivity contribution in [2.24, 2.45) is 0 Å². The summed E-state index contributed by atoms with van der Waals surface area (Å²) in [4.78, 5) is 12.4. The van der Waals surface area contributed by atoms with Crippen LogP contribution in [0.15, 0.2) is 53.4 Å². The number of aliphatic hydroxyl groups excluding tert-OH is 1. The van der Waals surface area contributed by atoms with Gasteiger partial charge in [0.1, 0.15) is 11.5 Å². The second kappa shape index (κ2) is 9.09. The average Bonchev–Trinajstić information content (AvgIpc) is 2.65. The molecule has 0 aromatic heterocycles. The molecule has 0 bridgehead atoms. The van der Waals surface area contributed by atoms with Crippen molar-refractivity contribution in [3.05, 3.63) is 48.5 Å². The highest BCUT2D eigenvalue weighted by molar-refractivity contribution is 7.98. The van der Waals surface area contributed by atoms with Crippen LogP contribution in [-0.4, -0.2) is 49.8 Å². The summed E-state index contributed by atoms with van der Waals surface area (Å²) in [5.41, 5.74) is 1.53. The van der Waals surface area contributed by atoms with Crippen LogP contribution < -0.4 is 14.5 Å². The van der Waals surface area contributed by atoms with Crippen molar-refractivity contribution in [3.63, 3.8) is 0 Å². The zero-order valence-corrected chi connectivity index (χ0v) is 16.3. The highest BCUT2D eigenvalue weighted by Crippen LogP contribution is 2.27. The Balaban J connectivity index is 2.17. The molecule has 2 rings (SSSR count). The number of benzene rings is 2. The highest BCUT2D eigenvalue weighted by Gasteiger charge is 2.25. The summed E-state index contributed by atoms with van der Waals surface area (Å²) < 4.78 is 30.6. The minimum Gasteiger partial charge on any atom is -0.457 e. The Labute approximate surface area is 161 Å². The summed E-state index contributed by atoms with van der Waals surface area (Å²) >= 11 is 1.62. The van der Waals surface area contributed by atoms with Gasteiger partial charge in [0, 0.05) is 4.90 Å². The van der Waals surface area contributed by atoms with Crippen molar-refractivity contribution < 1.29 is 28.3 Å². The van der Waals surface area contributed by atoms with Crippen molar-refractivity contribution in [3.8, 4) is 11.5 Å².